The van der Waals surface area contributed by atoms with E-state index in [0.717, 1.165) is 36.5 Å². The van der Waals surface area contributed by atoms with Crippen LogP contribution < -0.4 is 0 Å². The van der Waals surface area contributed by atoms with Crippen LogP contribution in [0.25, 0.3) is 0 Å². The molecule has 1 unspecified atom stereocenters. The lowest BCUT2D eigenvalue weighted by molar-refractivity contribution is -0.136. The molecule has 1 amide bonds. The minimum atomic E-state index is 0.156. The molecule has 23 heavy (non-hydrogen) atoms. The summed E-state index contributed by atoms with van der Waals surface area (Å²) in [5.41, 5.74) is 1.12. The second-order valence-electron chi connectivity index (χ2n) is 6.00. The SMILES string of the molecule is CN(CC(=O)N1CCCCC1c1nccs1)Cc1cccnc1. The Bertz CT molecular complexity index is 617. The number of aromatic nitrogens is 2. The summed E-state index contributed by atoms with van der Waals surface area (Å²) in [6.45, 7) is 2.00. The normalized spacial score (nSPS) is 18.3. The lowest BCUT2D eigenvalue weighted by Crippen LogP contribution is -2.43. The molecule has 1 aliphatic heterocycles. The van der Waals surface area contributed by atoms with Gasteiger partial charge in [0.25, 0.3) is 0 Å². The number of hydrogen-bond acceptors (Lipinski definition) is 5. The van der Waals surface area contributed by atoms with Gasteiger partial charge in [-0.1, -0.05) is 6.07 Å². The summed E-state index contributed by atoms with van der Waals surface area (Å²) >= 11 is 1.65. The number of nitrogens with zero attached hydrogens (tertiary/aromatic N) is 4. The van der Waals surface area contributed by atoms with Gasteiger partial charge in [-0.3, -0.25) is 14.7 Å². The van der Waals surface area contributed by atoms with Gasteiger partial charge in [0, 0.05) is 37.1 Å². The van der Waals surface area contributed by atoms with Gasteiger partial charge in [-0.2, -0.15) is 0 Å². The molecule has 0 N–H and O–H groups in total. The average Bonchev–Trinajstić information content (AvgIpc) is 3.10. The van der Waals surface area contributed by atoms with Crippen molar-refractivity contribution < 1.29 is 4.79 Å². The Morgan fingerprint density at radius 2 is 2.35 bits per heavy atom. The number of pyridine rings is 1. The van der Waals surface area contributed by atoms with Crippen LogP contribution in [0.2, 0.25) is 0 Å². The molecule has 2 aromatic rings. The molecule has 5 nitrogen and oxygen atoms in total. The van der Waals surface area contributed by atoms with Crippen molar-refractivity contribution in [3.05, 3.63) is 46.7 Å². The van der Waals surface area contributed by atoms with Gasteiger partial charge in [-0.25, -0.2) is 4.98 Å². The first kappa shape index (κ1) is 16.1. The Labute approximate surface area is 141 Å². The number of hydrogen-bond donors (Lipinski definition) is 0. The first-order valence-electron chi connectivity index (χ1n) is 8.00. The zero-order valence-electron chi connectivity index (χ0n) is 13.4. The summed E-state index contributed by atoms with van der Waals surface area (Å²) in [7, 11) is 1.98. The van der Waals surface area contributed by atoms with E-state index in [0.29, 0.717) is 6.54 Å². The molecule has 122 valence electrons. The van der Waals surface area contributed by atoms with Gasteiger partial charge in [0.2, 0.25) is 5.91 Å². The monoisotopic (exact) mass is 330 g/mol. The van der Waals surface area contributed by atoms with E-state index in [1.54, 1.807) is 17.5 Å². The summed E-state index contributed by atoms with van der Waals surface area (Å²) in [5, 5.41) is 3.05. The topological polar surface area (TPSA) is 49.3 Å². The van der Waals surface area contributed by atoms with E-state index < -0.39 is 0 Å². The van der Waals surface area contributed by atoms with Crippen molar-refractivity contribution in [1.82, 2.24) is 19.8 Å². The van der Waals surface area contributed by atoms with E-state index in [1.807, 2.05) is 46.8 Å². The van der Waals surface area contributed by atoms with Crippen molar-refractivity contribution in [3.8, 4) is 0 Å². The largest absolute Gasteiger partial charge is 0.332 e. The van der Waals surface area contributed by atoms with Crippen LogP contribution in [0.1, 0.15) is 35.9 Å². The summed E-state index contributed by atoms with van der Waals surface area (Å²) < 4.78 is 0. The minimum Gasteiger partial charge on any atom is -0.332 e. The molecule has 0 spiro atoms. The molecular formula is C17H22N4OS. The summed E-state index contributed by atoms with van der Waals surface area (Å²) in [4.78, 5) is 25.4. The zero-order chi connectivity index (χ0) is 16.1. The van der Waals surface area contributed by atoms with Crippen molar-refractivity contribution in [2.45, 2.75) is 31.8 Å². The zero-order valence-corrected chi connectivity index (χ0v) is 14.2. The van der Waals surface area contributed by atoms with E-state index >= 15 is 0 Å². The number of amides is 1. The Hall–Kier alpha value is -1.79. The van der Waals surface area contributed by atoms with Gasteiger partial charge < -0.3 is 4.90 Å². The minimum absolute atomic E-state index is 0.156. The van der Waals surface area contributed by atoms with E-state index in [4.69, 9.17) is 0 Å². The van der Waals surface area contributed by atoms with Crippen molar-refractivity contribution in [2.75, 3.05) is 20.1 Å². The van der Waals surface area contributed by atoms with Crippen molar-refractivity contribution in [3.63, 3.8) is 0 Å². The van der Waals surface area contributed by atoms with E-state index in [-0.39, 0.29) is 11.9 Å². The maximum Gasteiger partial charge on any atom is 0.237 e. The van der Waals surface area contributed by atoms with Crippen LogP contribution in [0.4, 0.5) is 0 Å². The second-order valence-corrected chi connectivity index (χ2v) is 6.93. The number of carbonyl (C=O) groups is 1. The number of likely N-dealkylation sites (N-methyl/N-ethyl adjacent to an activating group) is 1. The Morgan fingerprint density at radius 3 is 3.09 bits per heavy atom. The first-order chi connectivity index (χ1) is 11.2. The molecule has 1 fully saturated rings. The first-order valence-corrected chi connectivity index (χ1v) is 8.88. The molecule has 2 aromatic heterocycles. The third-order valence-corrected chi connectivity index (χ3v) is 5.02. The molecule has 3 rings (SSSR count). The maximum absolute atomic E-state index is 12.7. The summed E-state index contributed by atoms with van der Waals surface area (Å²) in [6.07, 6.45) is 8.71. The third-order valence-electron chi connectivity index (χ3n) is 4.14. The Balaban J connectivity index is 1.61. The Kier molecular flexibility index (Phi) is 5.35. The van der Waals surface area contributed by atoms with Crippen molar-refractivity contribution >= 4 is 17.2 Å². The highest BCUT2D eigenvalue weighted by molar-refractivity contribution is 7.09. The highest BCUT2D eigenvalue weighted by Gasteiger charge is 2.29. The standard InChI is InChI=1S/C17H22N4OS/c1-20(12-14-5-4-7-18-11-14)13-16(22)21-9-3-2-6-15(21)17-19-8-10-23-17/h4-5,7-8,10-11,15H,2-3,6,9,12-13H2,1H3. The lowest BCUT2D eigenvalue weighted by Gasteiger charge is -2.35. The number of rotatable bonds is 5. The highest BCUT2D eigenvalue weighted by atomic mass is 32.1. The molecule has 1 aliphatic rings. The molecule has 0 aromatic carbocycles. The van der Waals surface area contributed by atoms with Crippen LogP contribution in [0.3, 0.4) is 0 Å². The van der Waals surface area contributed by atoms with Crippen LogP contribution in [0.5, 0.6) is 0 Å². The third kappa shape index (κ3) is 4.14. The quantitative estimate of drug-likeness (QED) is 0.846. The number of likely N-dealkylation sites (tertiary alicyclic amines) is 1. The van der Waals surface area contributed by atoms with Crippen LogP contribution in [-0.2, 0) is 11.3 Å². The molecule has 0 bridgehead atoms. The van der Waals surface area contributed by atoms with Gasteiger partial charge in [0.15, 0.2) is 0 Å². The van der Waals surface area contributed by atoms with Gasteiger partial charge in [0.05, 0.1) is 12.6 Å². The molecule has 1 atom stereocenters. The van der Waals surface area contributed by atoms with Gasteiger partial charge in [-0.05, 0) is 37.9 Å². The van der Waals surface area contributed by atoms with E-state index in [2.05, 4.69) is 9.97 Å². The van der Waals surface area contributed by atoms with Crippen LogP contribution in [-0.4, -0.2) is 45.8 Å². The summed E-state index contributed by atoms with van der Waals surface area (Å²) in [6, 6.07) is 4.12. The molecule has 0 radical (unpaired) electrons. The van der Waals surface area contributed by atoms with Crippen LogP contribution >= 0.6 is 11.3 Å². The number of thiazole rings is 1. The lowest BCUT2D eigenvalue weighted by atomic mass is 10.0. The smallest absolute Gasteiger partial charge is 0.237 e. The Morgan fingerprint density at radius 1 is 1.43 bits per heavy atom. The molecular weight excluding hydrogens is 308 g/mol. The van der Waals surface area contributed by atoms with Gasteiger partial charge >= 0.3 is 0 Å². The average molecular weight is 330 g/mol. The molecule has 0 saturated carbocycles. The molecule has 3 heterocycles. The summed E-state index contributed by atoms with van der Waals surface area (Å²) in [5.74, 6) is 0.191. The fourth-order valence-electron chi connectivity index (χ4n) is 3.07. The van der Waals surface area contributed by atoms with Crippen LogP contribution in [0.15, 0.2) is 36.1 Å². The molecule has 1 saturated heterocycles. The predicted molar refractivity (Wildman–Crippen MR) is 91.0 cm³/mol. The number of piperidine rings is 1. The maximum atomic E-state index is 12.7. The fraction of sp³-hybridized carbons (Fsp3) is 0.471. The van der Waals surface area contributed by atoms with Crippen molar-refractivity contribution in [2.24, 2.45) is 0 Å². The van der Waals surface area contributed by atoms with E-state index in [9.17, 15) is 4.79 Å². The second kappa shape index (κ2) is 7.66. The number of carbonyl (C=O) groups excluding carboxylic acids is 1. The van der Waals surface area contributed by atoms with Gasteiger partial charge in [-0.15, -0.1) is 11.3 Å². The van der Waals surface area contributed by atoms with Crippen molar-refractivity contribution in [1.29, 1.82) is 0 Å². The van der Waals surface area contributed by atoms with Crippen LogP contribution in [0, 0.1) is 0 Å². The highest BCUT2D eigenvalue weighted by Crippen LogP contribution is 2.32. The van der Waals surface area contributed by atoms with Gasteiger partial charge in [0.1, 0.15) is 5.01 Å². The van der Waals surface area contributed by atoms with E-state index in [1.165, 1.54) is 6.42 Å². The fourth-order valence-corrected chi connectivity index (χ4v) is 3.85. The molecule has 6 heteroatoms. The predicted octanol–water partition coefficient (Wildman–Crippen LogP) is 2.72. The molecule has 0 aliphatic carbocycles.